The van der Waals surface area contributed by atoms with Gasteiger partial charge in [-0.2, -0.15) is 0 Å². The minimum Gasteiger partial charge on any atom is -0.423 e. The molecule has 0 unspecified atom stereocenters. The number of carbonyl (C=O) groups excluding carboxylic acids is 1. The molecule has 1 fully saturated rings. The highest BCUT2D eigenvalue weighted by Gasteiger charge is 2.19. The average Bonchev–Trinajstić information content (AvgIpc) is 2.55. The first-order valence-corrected chi connectivity index (χ1v) is 8.68. The summed E-state index contributed by atoms with van der Waals surface area (Å²) in [5, 5.41) is 0. The number of thiocarbonyl (C=S) groups is 1. The molecule has 1 aliphatic rings. The largest absolute Gasteiger partial charge is 0.423 e. The van der Waals surface area contributed by atoms with E-state index in [-0.39, 0.29) is 11.5 Å². The third kappa shape index (κ3) is 5.40. The molecule has 0 N–H and O–H groups in total. The molecule has 0 spiro atoms. The Bertz CT molecular complexity index is 579. The van der Waals surface area contributed by atoms with Gasteiger partial charge in [-0.25, -0.2) is 8.78 Å². The standard InChI is InChI=1S/C15H18F2N2O2S2/c1-2-18-5-7-19(8-6-18)15(22)23-10-14(20)21-13-4-3-11(16)9-12(13)17/h3-4,9H,2,5-8,10H2,1H3. The molecule has 0 bridgehead atoms. The lowest BCUT2D eigenvalue weighted by Crippen LogP contribution is -2.47. The van der Waals surface area contributed by atoms with Crippen LogP contribution in [0, 0.1) is 11.6 Å². The Balaban J connectivity index is 1.77. The zero-order valence-corrected chi connectivity index (χ0v) is 14.4. The minimum atomic E-state index is -0.901. The number of esters is 1. The van der Waals surface area contributed by atoms with E-state index in [1.165, 1.54) is 11.8 Å². The molecule has 23 heavy (non-hydrogen) atoms. The van der Waals surface area contributed by atoms with Gasteiger partial charge >= 0.3 is 5.97 Å². The third-order valence-electron chi connectivity index (χ3n) is 3.51. The van der Waals surface area contributed by atoms with Gasteiger partial charge in [0.05, 0.1) is 5.75 Å². The van der Waals surface area contributed by atoms with Crippen LogP contribution in [0.2, 0.25) is 0 Å². The maximum absolute atomic E-state index is 13.4. The Morgan fingerprint density at radius 1 is 1.30 bits per heavy atom. The van der Waals surface area contributed by atoms with Crippen LogP contribution in [0.25, 0.3) is 0 Å². The molecule has 1 aliphatic heterocycles. The van der Waals surface area contributed by atoms with E-state index in [2.05, 4.69) is 16.7 Å². The molecule has 0 atom stereocenters. The molecule has 0 amide bonds. The van der Waals surface area contributed by atoms with E-state index in [1.807, 2.05) is 0 Å². The number of hydrogen-bond donors (Lipinski definition) is 0. The maximum Gasteiger partial charge on any atom is 0.321 e. The molecule has 0 aromatic heterocycles. The summed E-state index contributed by atoms with van der Waals surface area (Å²) in [6.07, 6.45) is 0. The van der Waals surface area contributed by atoms with Crippen LogP contribution in [0.3, 0.4) is 0 Å². The number of ether oxygens (including phenoxy) is 1. The maximum atomic E-state index is 13.4. The molecular formula is C15H18F2N2O2S2. The van der Waals surface area contributed by atoms with E-state index in [0.29, 0.717) is 10.4 Å². The van der Waals surface area contributed by atoms with Crippen LogP contribution in [-0.2, 0) is 4.79 Å². The van der Waals surface area contributed by atoms with Gasteiger partial charge in [-0.05, 0) is 18.7 Å². The predicted octanol–water partition coefficient (Wildman–Crippen LogP) is 2.53. The van der Waals surface area contributed by atoms with Crippen molar-refractivity contribution in [2.45, 2.75) is 6.92 Å². The summed E-state index contributed by atoms with van der Waals surface area (Å²) >= 11 is 6.51. The SMILES string of the molecule is CCN1CCN(C(=S)SCC(=O)Oc2ccc(F)cc2F)CC1. The summed E-state index contributed by atoms with van der Waals surface area (Å²) in [6, 6.07) is 2.81. The van der Waals surface area contributed by atoms with Crippen molar-refractivity contribution in [2.24, 2.45) is 0 Å². The molecular weight excluding hydrogens is 342 g/mol. The van der Waals surface area contributed by atoms with E-state index >= 15 is 0 Å². The molecule has 1 saturated heterocycles. The van der Waals surface area contributed by atoms with Crippen LogP contribution in [0.5, 0.6) is 5.75 Å². The van der Waals surface area contributed by atoms with Crippen LogP contribution in [-0.4, -0.2) is 58.6 Å². The van der Waals surface area contributed by atoms with E-state index in [0.717, 1.165) is 44.9 Å². The van der Waals surface area contributed by atoms with Gasteiger partial charge in [-0.15, -0.1) is 0 Å². The monoisotopic (exact) mass is 360 g/mol. The van der Waals surface area contributed by atoms with Gasteiger partial charge in [0.1, 0.15) is 10.1 Å². The van der Waals surface area contributed by atoms with Crippen molar-refractivity contribution in [3.8, 4) is 5.75 Å². The van der Waals surface area contributed by atoms with Crippen LogP contribution in [0.15, 0.2) is 18.2 Å². The Hall–Kier alpha value is -1.25. The van der Waals surface area contributed by atoms with Crippen LogP contribution in [0.4, 0.5) is 8.78 Å². The lowest BCUT2D eigenvalue weighted by molar-refractivity contribution is -0.131. The van der Waals surface area contributed by atoms with Crippen LogP contribution >= 0.6 is 24.0 Å². The zero-order chi connectivity index (χ0) is 16.8. The van der Waals surface area contributed by atoms with Gasteiger partial charge < -0.3 is 14.5 Å². The van der Waals surface area contributed by atoms with E-state index < -0.39 is 17.6 Å². The third-order valence-corrected chi connectivity index (χ3v) is 5.01. The first-order chi connectivity index (χ1) is 11.0. The first-order valence-electron chi connectivity index (χ1n) is 7.29. The molecule has 8 heteroatoms. The fourth-order valence-corrected chi connectivity index (χ4v) is 3.19. The summed E-state index contributed by atoms with van der Waals surface area (Å²) in [5.41, 5.74) is 0. The quantitative estimate of drug-likeness (QED) is 0.466. The van der Waals surface area contributed by atoms with E-state index in [9.17, 15) is 13.6 Å². The highest BCUT2D eigenvalue weighted by molar-refractivity contribution is 8.23. The number of benzene rings is 1. The fourth-order valence-electron chi connectivity index (χ4n) is 2.17. The average molecular weight is 360 g/mol. The van der Waals surface area contributed by atoms with Crippen molar-refractivity contribution in [1.82, 2.24) is 9.80 Å². The van der Waals surface area contributed by atoms with Crippen molar-refractivity contribution in [3.63, 3.8) is 0 Å². The number of piperazine rings is 1. The summed E-state index contributed by atoms with van der Waals surface area (Å²) in [7, 11) is 0. The number of carbonyl (C=O) groups is 1. The Morgan fingerprint density at radius 3 is 2.61 bits per heavy atom. The molecule has 0 aliphatic carbocycles. The smallest absolute Gasteiger partial charge is 0.321 e. The number of halogens is 2. The number of likely N-dealkylation sites (N-methyl/N-ethyl adjacent to an activating group) is 1. The highest BCUT2D eigenvalue weighted by atomic mass is 32.2. The molecule has 0 radical (unpaired) electrons. The fraction of sp³-hybridized carbons (Fsp3) is 0.467. The Kier molecular flexibility index (Phi) is 6.73. The summed E-state index contributed by atoms with van der Waals surface area (Å²) in [6.45, 7) is 6.70. The summed E-state index contributed by atoms with van der Waals surface area (Å²) in [5.74, 6) is -2.52. The highest BCUT2D eigenvalue weighted by Crippen LogP contribution is 2.19. The normalized spacial score (nSPS) is 15.5. The van der Waals surface area contributed by atoms with Crippen molar-refractivity contribution in [3.05, 3.63) is 29.8 Å². The Morgan fingerprint density at radius 2 is 2.00 bits per heavy atom. The minimum absolute atomic E-state index is 0.0103. The molecule has 1 heterocycles. The van der Waals surface area contributed by atoms with Crippen molar-refractivity contribution < 1.29 is 18.3 Å². The van der Waals surface area contributed by atoms with Gasteiger partial charge in [-0.1, -0.05) is 30.9 Å². The van der Waals surface area contributed by atoms with Crippen LogP contribution < -0.4 is 4.74 Å². The molecule has 1 aromatic rings. The van der Waals surface area contributed by atoms with Crippen molar-refractivity contribution in [2.75, 3.05) is 38.5 Å². The van der Waals surface area contributed by atoms with Gasteiger partial charge in [0.15, 0.2) is 11.6 Å². The predicted molar refractivity (Wildman–Crippen MR) is 90.7 cm³/mol. The number of rotatable bonds is 4. The Labute approximate surface area is 143 Å². The number of thioether (sulfide) groups is 1. The van der Waals surface area contributed by atoms with Gasteiger partial charge in [-0.3, -0.25) is 4.79 Å². The summed E-state index contributed by atoms with van der Waals surface area (Å²) in [4.78, 5) is 16.1. The molecule has 4 nitrogen and oxygen atoms in total. The second kappa shape index (κ2) is 8.56. The first kappa shape index (κ1) is 18.1. The second-order valence-electron chi connectivity index (χ2n) is 5.02. The van der Waals surface area contributed by atoms with Crippen molar-refractivity contribution >= 4 is 34.3 Å². The molecule has 1 aromatic carbocycles. The lowest BCUT2D eigenvalue weighted by Gasteiger charge is -2.35. The van der Waals surface area contributed by atoms with Crippen molar-refractivity contribution in [1.29, 1.82) is 0 Å². The number of nitrogens with zero attached hydrogens (tertiary/aromatic N) is 2. The summed E-state index contributed by atoms with van der Waals surface area (Å²) < 4.78 is 31.7. The van der Waals surface area contributed by atoms with Crippen LogP contribution in [0.1, 0.15) is 6.92 Å². The molecule has 126 valence electrons. The van der Waals surface area contributed by atoms with E-state index in [4.69, 9.17) is 17.0 Å². The molecule has 0 saturated carbocycles. The second-order valence-corrected chi connectivity index (χ2v) is 6.63. The van der Waals surface area contributed by atoms with Gasteiger partial charge in [0.25, 0.3) is 0 Å². The van der Waals surface area contributed by atoms with Gasteiger partial charge in [0.2, 0.25) is 0 Å². The number of hydrogen-bond acceptors (Lipinski definition) is 5. The van der Waals surface area contributed by atoms with Gasteiger partial charge in [0, 0.05) is 32.2 Å². The van der Waals surface area contributed by atoms with E-state index in [1.54, 1.807) is 0 Å². The lowest BCUT2D eigenvalue weighted by atomic mass is 10.3. The topological polar surface area (TPSA) is 32.8 Å². The zero-order valence-electron chi connectivity index (χ0n) is 12.8. The molecule has 2 rings (SSSR count).